The standard InChI is InChI=1S/C15H26N4O/c1-12(2)20-15-8-14(17-11-18-15)16-9-13(3)10-19-6-4-5-7-19/h8,11-13H,4-7,9-10H2,1-3H3,(H,16,17,18). The molecule has 112 valence electrons. The molecule has 1 aliphatic heterocycles. The van der Waals surface area contributed by atoms with Crippen LogP contribution in [0.5, 0.6) is 5.88 Å². The van der Waals surface area contributed by atoms with Gasteiger partial charge in [-0.1, -0.05) is 6.92 Å². The van der Waals surface area contributed by atoms with Gasteiger partial charge in [0.05, 0.1) is 6.10 Å². The SMILES string of the molecule is CC(CNc1cc(OC(C)C)ncn1)CN1CCCC1. The van der Waals surface area contributed by atoms with E-state index in [2.05, 4.69) is 27.1 Å². The van der Waals surface area contributed by atoms with Gasteiger partial charge < -0.3 is 15.0 Å². The molecule has 2 heterocycles. The van der Waals surface area contributed by atoms with Crippen molar-refractivity contribution in [2.45, 2.75) is 39.7 Å². The molecule has 1 aromatic heterocycles. The van der Waals surface area contributed by atoms with Crippen LogP contribution in [0.4, 0.5) is 5.82 Å². The minimum atomic E-state index is 0.131. The summed E-state index contributed by atoms with van der Waals surface area (Å²) in [7, 11) is 0. The first-order valence-corrected chi connectivity index (χ1v) is 7.58. The molecule has 1 saturated heterocycles. The van der Waals surface area contributed by atoms with E-state index in [0.717, 1.165) is 18.9 Å². The zero-order chi connectivity index (χ0) is 14.4. The number of aromatic nitrogens is 2. The van der Waals surface area contributed by atoms with Gasteiger partial charge in [0.1, 0.15) is 12.1 Å². The zero-order valence-corrected chi connectivity index (χ0v) is 12.8. The van der Waals surface area contributed by atoms with Crippen LogP contribution in [0.25, 0.3) is 0 Å². The van der Waals surface area contributed by atoms with E-state index in [1.165, 1.54) is 25.9 Å². The van der Waals surface area contributed by atoms with Gasteiger partial charge in [0.15, 0.2) is 0 Å². The highest BCUT2D eigenvalue weighted by molar-refractivity contribution is 5.37. The van der Waals surface area contributed by atoms with E-state index in [9.17, 15) is 0 Å². The predicted molar refractivity (Wildman–Crippen MR) is 81.1 cm³/mol. The highest BCUT2D eigenvalue weighted by atomic mass is 16.5. The molecule has 1 N–H and O–H groups in total. The fraction of sp³-hybridized carbons (Fsp3) is 0.733. The highest BCUT2D eigenvalue weighted by Crippen LogP contribution is 2.14. The van der Waals surface area contributed by atoms with E-state index in [0.29, 0.717) is 11.8 Å². The van der Waals surface area contributed by atoms with Crippen molar-refractivity contribution in [1.29, 1.82) is 0 Å². The quantitative estimate of drug-likeness (QED) is 0.830. The summed E-state index contributed by atoms with van der Waals surface area (Å²) in [6.45, 7) is 10.9. The number of rotatable bonds is 7. The Kier molecular flexibility index (Phi) is 5.59. The third kappa shape index (κ3) is 4.96. The second-order valence-electron chi connectivity index (χ2n) is 5.90. The number of anilines is 1. The van der Waals surface area contributed by atoms with Crippen LogP contribution in [-0.4, -0.2) is 47.2 Å². The Labute approximate surface area is 121 Å². The fourth-order valence-corrected chi connectivity index (χ4v) is 2.49. The Hall–Kier alpha value is -1.36. The van der Waals surface area contributed by atoms with Crippen LogP contribution in [0.1, 0.15) is 33.6 Å². The van der Waals surface area contributed by atoms with Crippen LogP contribution < -0.4 is 10.1 Å². The third-order valence-corrected chi connectivity index (χ3v) is 3.40. The van der Waals surface area contributed by atoms with Gasteiger partial charge in [-0.3, -0.25) is 0 Å². The van der Waals surface area contributed by atoms with E-state index in [4.69, 9.17) is 4.74 Å². The summed E-state index contributed by atoms with van der Waals surface area (Å²) >= 11 is 0. The molecule has 0 aromatic carbocycles. The number of ether oxygens (including phenoxy) is 1. The summed E-state index contributed by atoms with van der Waals surface area (Å²) in [6, 6.07) is 1.86. The first-order chi connectivity index (χ1) is 9.63. The molecular weight excluding hydrogens is 252 g/mol. The average molecular weight is 278 g/mol. The van der Waals surface area contributed by atoms with Gasteiger partial charge in [0.25, 0.3) is 0 Å². The molecule has 20 heavy (non-hydrogen) atoms. The van der Waals surface area contributed by atoms with E-state index >= 15 is 0 Å². The maximum Gasteiger partial charge on any atom is 0.218 e. The lowest BCUT2D eigenvalue weighted by atomic mass is 10.1. The Morgan fingerprint density at radius 3 is 2.70 bits per heavy atom. The van der Waals surface area contributed by atoms with Crippen molar-refractivity contribution in [3.63, 3.8) is 0 Å². The van der Waals surface area contributed by atoms with Gasteiger partial charge in [-0.15, -0.1) is 0 Å². The second kappa shape index (κ2) is 7.43. The summed E-state index contributed by atoms with van der Waals surface area (Å²) in [5, 5.41) is 3.37. The summed E-state index contributed by atoms with van der Waals surface area (Å²) < 4.78 is 5.57. The number of hydrogen-bond acceptors (Lipinski definition) is 5. The molecule has 0 spiro atoms. The molecule has 5 heteroatoms. The topological polar surface area (TPSA) is 50.3 Å². The van der Waals surface area contributed by atoms with Gasteiger partial charge in [-0.25, -0.2) is 9.97 Å². The number of nitrogens with zero attached hydrogens (tertiary/aromatic N) is 3. The van der Waals surface area contributed by atoms with Crippen molar-refractivity contribution in [3.05, 3.63) is 12.4 Å². The molecule has 5 nitrogen and oxygen atoms in total. The largest absolute Gasteiger partial charge is 0.475 e. The Bertz CT molecular complexity index is 405. The monoisotopic (exact) mass is 278 g/mol. The normalized spacial score (nSPS) is 17.4. The average Bonchev–Trinajstić information content (AvgIpc) is 2.89. The number of nitrogens with one attached hydrogen (secondary N) is 1. The van der Waals surface area contributed by atoms with Crippen molar-refractivity contribution >= 4 is 5.82 Å². The lowest BCUT2D eigenvalue weighted by Crippen LogP contribution is -2.29. The van der Waals surface area contributed by atoms with Crippen LogP contribution in [-0.2, 0) is 0 Å². The van der Waals surface area contributed by atoms with Crippen molar-refractivity contribution in [2.24, 2.45) is 5.92 Å². The van der Waals surface area contributed by atoms with Crippen molar-refractivity contribution in [2.75, 3.05) is 31.5 Å². The number of likely N-dealkylation sites (tertiary alicyclic amines) is 1. The third-order valence-electron chi connectivity index (χ3n) is 3.40. The first-order valence-electron chi connectivity index (χ1n) is 7.58. The second-order valence-corrected chi connectivity index (χ2v) is 5.90. The number of hydrogen-bond donors (Lipinski definition) is 1. The molecule has 0 radical (unpaired) electrons. The predicted octanol–water partition coefficient (Wildman–Crippen LogP) is 2.41. The molecule has 1 unspecified atom stereocenters. The van der Waals surface area contributed by atoms with Crippen LogP contribution in [0.15, 0.2) is 12.4 Å². The van der Waals surface area contributed by atoms with E-state index in [-0.39, 0.29) is 6.10 Å². The maximum absolute atomic E-state index is 5.57. The molecule has 1 aliphatic rings. The Morgan fingerprint density at radius 2 is 2.00 bits per heavy atom. The molecule has 0 bridgehead atoms. The van der Waals surface area contributed by atoms with E-state index in [1.807, 2.05) is 19.9 Å². The van der Waals surface area contributed by atoms with Crippen LogP contribution in [0, 0.1) is 5.92 Å². The minimum Gasteiger partial charge on any atom is -0.475 e. The van der Waals surface area contributed by atoms with Crippen molar-refractivity contribution in [1.82, 2.24) is 14.9 Å². The van der Waals surface area contributed by atoms with Crippen LogP contribution in [0.3, 0.4) is 0 Å². The van der Waals surface area contributed by atoms with Crippen molar-refractivity contribution in [3.8, 4) is 5.88 Å². The molecule has 1 atom stereocenters. The lowest BCUT2D eigenvalue weighted by Gasteiger charge is -2.20. The maximum atomic E-state index is 5.57. The molecular formula is C15H26N4O. The van der Waals surface area contributed by atoms with Crippen LogP contribution in [0.2, 0.25) is 0 Å². The summed E-state index contributed by atoms with van der Waals surface area (Å²) in [5.41, 5.74) is 0. The molecule has 0 aliphatic carbocycles. The Balaban J connectivity index is 1.77. The van der Waals surface area contributed by atoms with E-state index < -0.39 is 0 Å². The van der Waals surface area contributed by atoms with Gasteiger partial charge in [-0.05, 0) is 45.7 Å². The lowest BCUT2D eigenvalue weighted by molar-refractivity contribution is 0.232. The summed E-state index contributed by atoms with van der Waals surface area (Å²) in [5.74, 6) is 2.08. The molecule has 2 rings (SSSR count). The van der Waals surface area contributed by atoms with Crippen molar-refractivity contribution < 1.29 is 4.74 Å². The first kappa shape index (κ1) is 15.0. The Morgan fingerprint density at radius 1 is 1.25 bits per heavy atom. The summed E-state index contributed by atoms with van der Waals surface area (Å²) in [6.07, 6.45) is 4.38. The zero-order valence-electron chi connectivity index (χ0n) is 12.8. The van der Waals surface area contributed by atoms with E-state index in [1.54, 1.807) is 6.33 Å². The molecule has 0 amide bonds. The van der Waals surface area contributed by atoms with Gasteiger partial charge in [0.2, 0.25) is 5.88 Å². The molecule has 1 aromatic rings. The van der Waals surface area contributed by atoms with Crippen LogP contribution >= 0.6 is 0 Å². The van der Waals surface area contributed by atoms with Gasteiger partial charge >= 0.3 is 0 Å². The smallest absolute Gasteiger partial charge is 0.218 e. The highest BCUT2D eigenvalue weighted by Gasteiger charge is 2.14. The summed E-state index contributed by atoms with van der Waals surface area (Å²) in [4.78, 5) is 10.9. The van der Waals surface area contributed by atoms with Gasteiger partial charge in [-0.2, -0.15) is 0 Å². The molecule has 1 fully saturated rings. The van der Waals surface area contributed by atoms with Gasteiger partial charge in [0, 0.05) is 19.2 Å². The minimum absolute atomic E-state index is 0.131. The fourth-order valence-electron chi connectivity index (χ4n) is 2.49. The molecule has 0 saturated carbocycles.